The summed E-state index contributed by atoms with van der Waals surface area (Å²) in [4.78, 5) is 37.4. The van der Waals surface area contributed by atoms with E-state index in [9.17, 15) is 19.5 Å². The van der Waals surface area contributed by atoms with Crippen molar-refractivity contribution in [2.45, 2.75) is 347 Å². The number of esters is 2. The summed E-state index contributed by atoms with van der Waals surface area (Å²) in [6.07, 6.45) is 85.9. The van der Waals surface area contributed by atoms with Gasteiger partial charge in [-0.1, -0.05) is 311 Å². The van der Waals surface area contributed by atoms with Crippen LogP contribution in [0.4, 0.5) is 0 Å². The molecule has 0 aliphatic heterocycles. The van der Waals surface area contributed by atoms with Gasteiger partial charge >= 0.3 is 11.9 Å². The monoisotopic (exact) mass is 1190 g/mol. The van der Waals surface area contributed by atoms with E-state index >= 15 is 0 Å². The molecule has 0 spiro atoms. The lowest BCUT2D eigenvalue weighted by Gasteiger charge is -2.26. The van der Waals surface area contributed by atoms with E-state index in [4.69, 9.17) is 18.9 Å². The standard InChI is InChI=1S/C76H137NO8/c1-6-8-10-12-14-16-18-20-22-24-26-28-29-30-31-32-33-34-35-36-37-38-39-40-41-42-43-44-45-47-48-50-52-54-56-58-60-62-64-66-73(78)83-70-72(71-84-76(75(80)81)82-69-68-77(3,4)5)85-74(79)67-65-63-61-59-57-55-53-51-49-46-27-25-23-21-19-17-15-13-11-9-7-2/h9,11,15,17,21,23-24,26-27,46,51,53,72,76H,6-8,10,12-14,16,18-20,22,25,28-45,47-50,52,54-71H2,1-5H3/b11-9-,17-15-,23-21-,26-24-,46-27-,53-51-. The molecule has 0 N–H and O–H groups in total. The normalized spacial score (nSPS) is 13.1. The first kappa shape index (κ1) is 81.7. The number of quaternary nitrogens is 1. The fourth-order valence-electron chi connectivity index (χ4n) is 10.4. The molecule has 0 aromatic carbocycles. The maximum absolute atomic E-state index is 12.9. The van der Waals surface area contributed by atoms with Crippen molar-refractivity contribution in [3.05, 3.63) is 72.9 Å². The summed E-state index contributed by atoms with van der Waals surface area (Å²) < 4.78 is 22.8. The van der Waals surface area contributed by atoms with Crippen molar-refractivity contribution in [2.24, 2.45) is 0 Å². The number of nitrogens with zero attached hydrogens (tertiary/aromatic N) is 1. The number of allylic oxidation sites excluding steroid dienone is 12. The number of carboxylic acid groups (broad SMARTS) is 1. The molecule has 0 saturated carbocycles. The van der Waals surface area contributed by atoms with Crippen LogP contribution in [0, 0.1) is 0 Å². The van der Waals surface area contributed by atoms with E-state index < -0.39 is 24.3 Å². The van der Waals surface area contributed by atoms with Gasteiger partial charge in [0.2, 0.25) is 0 Å². The molecule has 85 heavy (non-hydrogen) atoms. The minimum atomic E-state index is -1.63. The Morgan fingerprint density at radius 1 is 0.365 bits per heavy atom. The van der Waals surface area contributed by atoms with Crippen LogP contribution in [-0.4, -0.2) is 82.3 Å². The van der Waals surface area contributed by atoms with Crippen LogP contribution in [0.15, 0.2) is 72.9 Å². The van der Waals surface area contributed by atoms with Crippen molar-refractivity contribution in [2.75, 3.05) is 47.5 Å². The van der Waals surface area contributed by atoms with Gasteiger partial charge in [-0.25, -0.2) is 0 Å². The summed E-state index contributed by atoms with van der Waals surface area (Å²) in [5.41, 5.74) is 0. The third-order valence-electron chi connectivity index (χ3n) is 15.9. The van der Waals surface area contributed by atoms with Crippen LogP contribution in [0.2, 0.25) is 0 Å². The van der Waals surface area contributed by atoms with E-state index in [0.29, 0.717) is 17.4 Å². The van der Waals surface area contributed by atoms with Crippen LogP contribution in [0.1, 0.15) is 335 Å². The Labute approximate surface area is 526 Å². The second-order valence-electron chi connectivity index (χ2n) is 25.5. The molecule has 0 aromatic rings. The molecule has 0 rings (SSSR count). The first-order valence-corrected chi connectivity index (χ1v) is 36.1. The second-order valence-corrected chi connectivity index (χ2v) is 25.5. The predicted molar refractivity (Wildman–Crippen MR) is 361 cm³/mol. The Balaban J connectivity index is 3.99. The third-order valence-corrected chi connectivity index (χ3v) is 15.9. The van der Waals surface area contributed by atoms with Crippen molar-refractivity contribution >= 4 is 17.9 Å². The minimum Gasteiger partial charge on any atom is -0.545 e. The number of likely N-dealkylation sites (N-methyl/N-ethyl adjacent to an activating group) is 1. The molecule has 0 radical (unpaired) electrons. The quantitative estimate of drug-likeness (QED) is 0.0195. The number of carbonyl (C=O) groups excluding carboxylic acids is 3. The first-order valence-electron chi connectivity index (χ1n) is 36.1. The van der Waals surface area contributed by atoms with Crippen molar-refractivity contribution in [1.29, 1.82) is 0 Å². The molecule has 0 fully saturated rings. The highest BCUT2D eigenvalue weighted by atomic mass is 16.7. The van der Waals surface area contributed by atoms with Crippen molar-refractivity contribution < 1.29 is 42.9 Å². The zero-order valence-corrected chi connectivity index (χ0v) is 56.5. The topological polar surface area (TPSA) is 111 Å². The van der Waals surface area contributed by atoms with Gasteiger partial charge in [0.05, 0.1) is 40.3 Å². The van der Waals surface area contributed by atoms with Crippen molar-refractivity contribution in [3.63, 3.8) is 0 Å². The fraction of sp³-hybridized carbons (Fsp3) is 0.803. The molecular formula is C76H137NO8. The number of ether oxygens (including phenoxy) is 4. The molecule has 0 saturated heterocycles. The lowest BCUT2D eigenvalue weighted by molar-refractivity contribution is -0.870. The molecule has 0 aromatic heterocycles. The van der Waals surface area contributed by atoms with Crippen LogP contribution in [0.3, 0.4) is 0 Å². The number of carboxylic acids is 1. The number of hydrogen-bond acceptors (Lipinski definition) is 8. The molecular weight excluding hydrogens is 1050 g/mol. The molecule has 0 bridgehead atoms. The molecule has 494 valence electrons. The van der Waals surface area contributed by atoms with Crippen molar-refractivity contribution in [1.82, 2.24) is 0 Å². The van der Waals surface area contributed by atoms with E-state index in [-0.39, 0.29) is 38.6 Å². The summed E-state index contributed by atoms with van der Waals surface area (Å²) in [6, 6.07) is 0. The third kappa shape index (κ3) is 68.1. The minimum absolute atomic E-state index is 0.142. The highest BCUT2D eigenvalue weighted by Crippen LogP contribution is 2.18. The van der Waals surface area contributed by atoms with Gasteiger partial charge in [-0.05, 0) is 83.5 Å². The maximum atomic E-state index is 12.9. The van der Waals surface area contributed by atoms with Crippen LogP contribution in [0.25, 0.3) is 0 Å². The van der Waals surface area contributed by atoms with Gasteiger partial charge in [0.25, 0.3) is 0 Å². The molecule has 0 amide bonds. The Hall–Kier alpha value is -3.27. The van der Waals surface area contributed by atoms with Gasteiger partial charge in [-0.15, -0.1) is 0 Å². The summed E-state index contributed by atoms with van der Waals surface area (Å²) in [5.74, 6) is -2.30. The summed E-state index contributed by atoms with van der Waals surface area (Å²) in [5, 5.41) is 11.8. The van der Waals surface area contributed by atoms with Crippen LogP contribution in [0.5, 0.6) is 0 Å². The van der Waals surface area contributed by atoms with E-state index in [1.165, 1.54) is 218 Å². The van der Waals surface area contributed by atoms with E-state index in [1.54, 1.807) is 0 Å². The molecule has 0 aliphatic carbocycles. The largest absolute Gasteiger partial charge is 0.545 e. The van der Waals surface area contributed by atoms with Gasteiger partial charge in [0, 0.05) is 12.8 Å². The number of unbranched alkanes of at least 4 members (excludes halogenated alkanes) is 40. The Bertz CT molecular complexity index is 1620. The highest BCUT2D eigenvalue weighted by molar-refractivity contribution is 5.70. The first-order chi connectivity index (χ1) is 41.6. The summed E-state index contributed by atoms with van der Waals surface area (Å²) in [7, 11) is 5.92. The van der Waals surface area contributed by atoms with Gasteiger partial charge in [0.15, 0.2) is 12.4 Å². The summed E-state index contributed by atoms with van der Waals surface area (Å²) in [6.45, 7) is 4.65. The van der Waals surface area contributed by atoms with Gasteiger partial charge in [0.1, 0.15) is 13.2 Å². The Morgan fingerprint density at radius 2 is 0.671 bits per heavy atom. The van der Waals surface area contributed by atoms with E-state index in [0.717, 1.165) is 83.5 Å². The molecule has 0 heterocycles. The Morgan fingerprint density at radius 3 is 1.01 bits per heavy atom. The number of hydrogen-bond donors (Lipinski definition) is 0. The Kier molecular flexibility index (Phi) is 64.1. The zero-order chi connectivity index (χ0) is 61.9. The lowest BCUT2D eigenvalue weighted by atomic mass is 10.0. The predicted octanol–water partition coefficient (Wildman–Crippen LogP) is 21.1. The van der Waals surface area contributed by atoms with Gasteiger partial charge in [-0.3, -0.25) is 9.59 Å². The smallest absolute Gasteiger partial charge is 0.306 e. The van der Waals surface area contributed by atoms with Gasteiger partial charge < -0.3 is 33.3 Å². The SMILES string of the molecule is CC/C=C\C/C=C\C/C=C\C/C=C\C/C=C\CCCCCCCC(=O)OC(COC(=O)CCCCCCCCCCCCCCCCCCCCCCCCCCCCC/C=C\CCCCCCCCCC)COC(OCC[N+](C)(C)C)C(=O)[O-]. The second kappa shape index (κ2) is 66.7. The molecule has 9 nitrogen and oxygen atoms in total. The number of carbonyl (C=O) groups is 3. The molecule has 0 aliphatic rings. The fourth-order valence-corrected chi connectivity index (χ4v) is 10.4. The molecule has 2 atom stereocenters. The average molecular weight is 1190 g/mol. The van der Waals surface area contributed by atoms with E-state index in [2.05, 4.69) is 86.8 Å². The maximum Gasteiger partial charge on any atom is 0.306 e. The molecule has 2 unspecified atom stereocenters. The van der Waals surface area contributed by atoms with Crippen LogP contribution < -0.4 is 5.11 Å². The highest BCUT2D eigenvalue weighted by Gasteiger charge is 2.22. The lowest BCUT2D eigenvalue weighted by Crippen LogP contribution is -2.44. The van der Waals surface area contributed by atoms with Crippen molar-refractivity contribution in [3.8, 4) is 0 Å². The van der Waals surface area contributed by atoms with Gasteiger partial charge in [-0.2, -0.15) is 0 Å². The van der Waals surface area contributed by atoms with Crippen LogP contribution in [-0.2, 0) is 33.3 Å². The number of rotatable bonds is 67. The van der Waals surface area contributed by atoms with E-state index in [1.807, 2.05) is 21.1 Å². The zero-order valence-electron chi connectivity index (χ0n) is 56.5. The average Bonchev–Trinajstić information content (AvgIpc) is 3.48. The summed E-state index contributed by atoms with van der Waals surface area (Å²) >= 11 is 0. The number of aliphatic carboxylic acids is 1. The van der Waals surface area contributed by atoms with Crippen LogP contribution >= 0.6 is 0 Å². The molecule has 9 heteroatoms.